The molecule has 4 heteroatoms. The van der Waals surface area contributed by atoms with Crippen LogP contribution in [0.1, 0.15) is 79.5 Å². The van der Waals surface area contributed by atoms with E-state index in [1.54, 1.807) is 42.5 Å². The van der Waals surface area contributed by atoms with Crippen LogP contribution in [0.5, 0.6) is 5.75 Å². The number of carboxylic acid groups (broad SMARTS) is 1. The van der Waals surface area contributed by atoms with E-state index in [2.05, 4.69) is 6.92 Å². The Balaban J connectivity index is 2.04. The Hall–Kier alpha value is -2.62. The minimum atomic E-state index is -1.03. The summed E-state index contributed by atoms with van der Waals surface area (Å²) < 4.78 is 5.76. The van der Waals surface area contributed by atoms with Crippen LogP contribution in [0, 0.1) is 0 Å². The number of carbonyl (C=O) groups excluding carboxylic acids is 1. The summed E-state index contributed by atoms with van der Waals surface area (Å²) in [6.45, 7) is 4.28. The summed E-state index contributed by atoms with van der Waals surface area (Å²) >= 11 is 0. The van der Waals surface area contributed by atoms with Crippen molar-refractivity contribution in [2.75, 3.05) is 6.61 Å². The average molecular weight is 383 g/mol. The van der Waals surface area contributed by atoms with Crippen LogP contribution in [-0.2, 0) is 0 Å². The average Bonchev–Trinajstić information content (AvgIpc) is 2.69. The first kappa shape index (κ1) is 21.7. The van der Waals surface area contributed by atoms with Crippen LogP contribution < -0.4 is 4.74 Å². The molecule has 4 nitrogen and oxygen atoms in total. The molecule has 150 valence electrons. The lowest BCUT2D eigenvalue weighted by molar-refractivity contribution is 0.0696. The second kappa shape index (κ2) is 11.3. The predicted octanol–water partition coefficient (Wildman–Crippen LogP) is 6.38. The minimum absolute atomic E-state index is 0.0915. The maximum atomic E-state index is 11.9. The summed E-state index contributed by atoms with van der Waals surface area (Å²) in [6.07, 6.45) is 8.41. The third kappa shape index (κ3) is 6.22. The second-order valence-corrected chi connectivity index (χ2v) is 7.08. The summed E-state index contributed by atoms with van der Waals surface area (Å²) in [7, 11) is 0. The molecule has 0 amide bonds. The van der Waals surface area contributed by atoms with Gasteiger partial charge in [0.05, 0.1) is 12.2 Å². The van der Waals surface area contributed by atoms with Gasteiger partial charge in [-0.05, 0) is 42.7 Å². The monoisotopic (exact) mass is 382 g/mol. The highest BCUT2D eigenvalue weighted by molar-refractivity contribution is 6.04. The quantitative estimate of drug-likeness (QED) is 0.341. The number of hydrogen-bond acceptors (Lipinski definition) is 3. The highest BCUT2D eigenvalue weighted by atomic mass is 16.5. The first-order valence-electron chi connectivity index (χ1n) is 10.1. The van der Waals surface area contributed by atoms with Gasteiger partial charge >= 0.3 is 5.97 Å². The number of aromatic carboxylic acids is 1. The number of unbranched alkanes of at least 4 members (excludes halogenated alkanes) is 6. The van der Waals surface area contributed by atoms with Crippen LogP contribution >= 0.6 is 0 Å². The van der Waals surface area contributed by atoms with E-state index in [1.807, 2.05) is 0 Å². The number of ketones is 1. The van der Waals surface area contributed by atoms with Crippen LogP contribution in [0.2, 0.25) is 0 Å². The molecular formula is C24H30O4. The topological polar surface area (TPSA) is 63.6 Å². The minimum Gasteiger partial charge on any atom is -0.494 e. The van der Waals surface area contributed by atoms with Crippen molar-refractivity contribution in [1.82, 2.24) is 0 Å². The normalized spacial score (nSPS) is 10.6. The number of ether oxygens (including phenoxy) is 1. The van der Waals surface area contributed by atoms with E-state index >= 15 is 0 Å². The predicted molar refractivity (Wildman–Crippen MR) is 112 cm³/mol. The Kier molecular flexibility index (Phi) is 8.73. The number of hydrogen-bond donors (Lipinski definition) is 1. The lowest BCUT2D eigenvalue weighted by atomic mass is 9.93. The van der Waals surface area contributed by atoms with Crippen molar-refractivity contribution in [3.8, 4) is 16.9 Å². The molecule has 0 aliphatic carbocycles. The lowest BCUT2D eigenvalue weighted by Gasteiger charge is -2.13. The fourth-order valence-electron chi connectivity index (χ4n) is 3.30. The van der Waals surface area contributed by atoms with Gasteiger partial charge in [-0.25, -0.2) is 4.79 Å². The summed E-state index contributed by atoms with van der Waals surface area (Å²) in [4.78, 5) is 23.7. The maximum Gasteiger partial charge on any atom is 0.336 e. The van der Waals surface area contributed by atoms with Crippen molar-refractivity contribution in [1.29, 1.82) is 0 Å². The van der Waals surface area contributed by atoms with E-state index < -0.39 is 5.97 Å². The van der Waals surface area contributed by atoms with Gasteiger partial charge in [0.25, 0.3) is 0 Å². The van der Waals surface area contributed by atoms with E-state index in [4.69, 9.17) is 4.74 Å². The Labute approximate surface area is 167 Å². The van der Waals surface area contributed by atoms with Crippen LogP contribution in [0.25, 0.3) is 11.1 Å². The zero-order valence-corrected chi connectivity index (χ0v) is 16.9. The van der Waals surface area contributed by atoms with Crippen LogP contribution in [0.4, 0.5) is 0 Å². The number of rotatable bonds is 12. The third-order valence-electron chi connectivity index (χ3n) is 4.83. The molecule has 2 rings (SSSR count). The Morgan fingerprint density at radius 1 is 0.857 bits per heavy atom. The van der Waals surface area contributed by atoms with E-state index in [9.17, 15) is 14.7 Å². The first-order chi connectivity index (χ1) is 13.5. The van der Waals surface area contributed by atoms with Gasteiger partial charge in [-0.2, -0.15) is 0 Å². The number of benzene rings is 2. The smallest absolute Gasteiger partial charge is 0.336 e. The highest BCUT2D eigenvalue weighted by Crippen LogP contribution is 2.30. The molecule has 0 saturated heterocycles. The molecular weight excluding hydrogens is 352 g/mol. The van der Waals surface area contributed by atoms with Crippen molar-refractivity contribution in [3.05, 3.63) is 53.6 Å². The summed E-state index contributed by atoms with van der Waals surface area (Å²) in [5.74, 6) is -0.576. The van der Waals surface area contributed by atoms with Gasteiger partial charge in [0.2, 0.25) is 0 Å². The number of carboxylic acids is 1. The standard InChI is InChI=1S/C24H30O4/c1-3-4-5-6-7-8-11-16-28-19-14-15-22(23(17-19)24(26)27)21-13-10-9-12-20(21)18(2)25/h9-10,12-15,17H,3-8,11,16H2,1-2H3,(H,26,27). The molecule has 1 N–H and O–H groups in total. The van der Waals surface area contributed by atoms with E-state index in [-0.39, 0.29) is 11.3 Å². The third-order valence-corrected chi connectivity index (χ3v) is 4.83. The molecule has 0 unspecified atom stereocenters. The number of carbonyl (C=O) groups is 2. The van der Waals surface area contributed by atoms with Gasteiger partial charge in [-0.15, -0.1) is 0 Å². The summed E-state index contributed by atoms with van der Waals surface area (Å²) in [6, 6.07) is 12.1. The van der Waals surface area contributed by atoms with Crippen molar-refractivity contribution in [2.45, 2.75) is 58.8 Å². The molecule has 0 saturated carbocycles. The molecule has 2 aromatic carbocycles. The van der Waals surface area contributed by atoms with E-state index in [1.165, 1.54) is 39.0 Å². The van der Waals surface area contributed by atoms with Gasteiger partial charge in [-0.3, -0.25) is 4.79 Å². The molecule has 0 aliphatic rings. The zero-order chi connectivity index (χ0) is 20.4. The second-order valence-electron chi connectivity index (χ2n) is 7.08. The molecule has 0 radical (unpaired) electrons. The molecule has 28 heavy (non-hydrogen) atoms. The van der Waals surface area contributed by atoms with Crippen LogP contribution in [0.3, 0.4) is 0 Å². The molecule has 0 bridgehead atoms. The maximum absolute atomic E-state index is 11.9. The SMILES string of the molecule is CCCCCCCCCOc1ccc(-c2ccccc2C(C)=O)c(C(=O)O)c1. The molecule has 0 aliphatic heterocycles. The molecule has 2 aromatic rings. The van der Waals surface area contributed by atoms with Gasteiger partial charge in [0.15, 0.2) is 5.78 Å². The van der Waals surface area contributed by atoms with Crippen LogP contribution in [0.15, 0.2) is 42.5 Å². The van der Waals surface area contributed by atoms with Crippen molar-refractivity contribution in [2.24, 2.45) is 0 Å². The van der Waals surface area contributed by atoms with Crippen molar-refractivity contribution >= 4 is 11.8 Å². The molecule has 0 fully saturated rings. The fourth-order valence-corrected chi connectivity index (χ4v) is 3.30. The summed E-state index contributed by atoms with van der Waals surface area (Å²) in [5.41, 5.74) is 1.82. The highest BCUT2D eigenvalue weighted by Gasteiger charge is 2.17. The Morgan fingerprint density at radius 2 is 1.50 bits per heavy atom. The Morgan fingerprint density at radius 3 is 2.18 bits per heavy atom. The van der Waals surface area contributed by atoms with Gasteiger partial charge in [-0.1, -0.05) is 69.7 Å². The van der Waals surface area contributed by atoms with Crippen molar-refractivity contribution in [3.63, 3.8) is 0 Å². The zero-order valence-electron chi connectivity index (χ0n) is 16.9. The summed E-state index contributed by atoms with van der Waals surface area (Å²) in [5, 5.41) is 9.65. The number of Topliss-reactive ketones (excluding diaryl/α,β-unsaturated/α-hetero) is 1. The van der Waals surface area contributed by atoms with E-state index in [0.29, 0.717) is 29.0 Å². The first-order valence-corrected chi connectivity index (χ1v) is 10.1. The van der Waals surface area contributed by atoms with Gasteiger partial charge < -0.3 is 9.84 Å². The molecule has 0 atom stereocenters. The fraction of sp³-hybridized carbons (Fsp3) is 0.417. The van der Waals surface area contributed by atoms with Gasteiger partial charge in [0.1, 0.15) is 5.75 Å². The van der Waals surface area contributed by atoms with Gasteiger partial charge in [0, 0.05) is 5.56 Å². The largest absolute Gasteiger partial charge is 0.494 e. The molecule has 0 aromatic heterocycles. The van der Waals surface area contributed by atoms with Crippen LogP contribution in [-0.4, -0.2) is 23.5 Å². The Bertz CT molecular complexity index is 795. The molecule has 0 heterocycles. The lowest BCUT2D eigenvalue weighted by Crippen LogP contribution is -2.04. The van der Waals surface area contributed by atoms with E-state index in [0.717, 1.165) is 12.8 Å². The van der Waals surface area contributed by atoms with Crippen molar-refractivity contribution < 1.29 is 19.4 Å². The molecule has 0 spiro atoms.